The number of amides is 1. The molecule has 2 unspecified atom stereocenters. The van der Waals surface area contributed by atoms with Gasteiger partial charge in [0, 0.05) is 12.5 Å². The molecular weight excluding hydrogens is 258 g/mol. The SMILES string of the molecule is Cc1ccc(C2C(C(=O)O)CCCC(=O)N2C2CC2)o1. The summed E-state index contributed by atoms with van der Waals surface area (Å²) in [7, 11) is 0. The quantitative estimate of drug-likeness (QED) is 0.921. The minimum Gasteiger partial charge on any atom is -0.481 e. The van der Waals surface area contributed by atoms with Crippen LogP contribution in [0, 0.1) is 12.8 Å². The number of hydrogen-bond acceptors (Lipinski definition) is 3. The first-order chi connectivity index (χ1) is 9.58. The third-order valence-electron chi connectivity index (χ3n) is 4.18. The van der Waals surface area contributed by atoms with E-state index in [9.17, 15) is 14.7 Å². The van der Waals surface area contributed by atoms with Crippen molar-refractivity contribution in [2.24, 2.45) is 5.92 Å². The van der Waals surface area contributed by atoms with Crippen LogP contribution < -0.4 is 0 Å². The van der Waals surface area contributed by atoms with E-state index in [2.05, 4.69) is 0 Å². The first kappa shape index (κ1) is 13.2. The Morgan fingerprint density at radius 3 is 2.65 bits per heavy atom. The maximum Gasteiger partial charge on any atom is 0.309 e. The summed E-state index contributed by atoms with van der Waals surface area (Å²) in [5.41, 5.74) is 0. The third-order valence-corrected chi connectivity index (χ3v) is 4.18. The molecule has 2 fully saturated rings. The Labute approximate surface area is 117 Å². The summed E-state index contributed by atoms with van der Waals surface area (Å²) < 4.78 is 5.66. The lowest BCUT2D eigenvalue weighted by Gasteiger charge is -2.32. The Bertz CT molecular complexity index is 532. The van der Waals surface area contributed by atoms with Gasteiger partial charge in [-0.25, -0.2) is 0 Å². The van der Waals surface area contributed by atoms with E-state index >= 15 is 0 Å². The number of carbonyl (C=O) groups excluding carboxylic acids is 1. The topological polar surface area (TPSA) is 70.8 Å². The van der Waals surface area contributed by atoms with E-state index in [1.807, 2.05) is 19.1 Å². The van der Waals surface area contributed by atoms with Crippen LogP contribution in [0.2, 0.25) is 0 Å². The zero-order valence-electron chi connectivity index (χ0n) is 11.5. The third kappa shape index (κ3) is 2.32. The van der Waals surface area contributed by atoms with Crippen molar-refractivity contribution < 1.29 is 19.1 Å². The normalized spacial score (nSPS) is 27.4. The minimum absolute atomic E-state index is 0.0651. The predicted octanol–water partition coefficient (Wildman–Crippen LogP) is 2.50. The van der Waals surface area contributed by atoms with E-state index in [1.54, 1.807) is 4.90 Å². The van der Waals surface area contributed by atoms with Crippen molar-refractivity contribution in [3.63, 3.8) is 0 Å². The van der Waals surface area contributed by atoms with Crippen LogP contribution in [0.4, 0.5) is 0 Å². The molecule has 2 heterocycles. The standard InChI is InChI=1S/C15H19NO4/c1-9-5-8-12(20-9)14-11(15(18)19)3-2-4-13(17)16(14)10-6-7-10/h5,8,10-11,14H,2-4,6-7H2,1H3,(H,18,19). The number of rotatable bonds is 3. The number of aryl methyl sites for hydroxylation is 1. The molecule has 1 N–H and O–H groups in total. The maximum absolute atomic E-state index is 12.3. The fraction of sp³-hybridized carbons (Fsp3) is 0.600. The highest BCUT2D eigenvalue weighted by molar-refractivity contribution is 5.80. The maximum atomic E-state index is 12.3. The number of nitrogens with zero attached hydrogens (tertiary/aromatic N) is 1. The van der Waals surface area contributed by atoms with E-state index in [-0.39, 0.29) is 11.9 Å². The van der Waals surface area contributed by atoms with E-state index in [0.717, 1.165) is 18.6 Å². The molecule has 3 rings (SSSR count). The van der Waals surface area contributed by atoms with Gasteiger partial charge in [-0.05, 0) is 44.7 Å². The molecule has 1 aromatic heterocycles. The Morgan fingerprint density at radius 2 is 2.10 bits per heavy atom. The average Bonchev–Trinajstić information content (AvgIpc) is 3.15. The number of furan rings is 1. The summed E-state index contributed by atoms with van der Waals surface area (Å²) >= 11 is 0. The Morgan fingerprint density at radius 1 is 1.35 bits per heavy atom. The van der Waals surface area contributed by atoms with Gasteiger partial charge in [0.1, 0.15) is 17.6 Å². The van der Waals surface area contributed by atoms with Crippen LogP contribution in [0.1, 0.15) is 49.7 Å². The van der Waals surface area contributed by atoms with Crippen LogP contribution in [0.25, 0.3) is 0 Å². The molecule has 5 nitrogen and oxygen atoms in total. The summed E-state index contributed by atoms with van der Waals surface area (Å²) in [4.78, 5) is 25.7. The van der Waals surface area contributed by atoms with Crippen molar-refractivity contribution in [1.82, 2.24) is 4.90 Å². The van der Waals surface area contributed by atoms with Gasteiger partial charge in [0.2, 0.25) is 5.91 Å². The van der Waals surface area contributed by atoms with Crippen LogP contribution in [-0.4, -0.2) is 27.9 Å². The van der Waals surface area contributed by atoms with E-state index in [1.165, 1.54) is 0 Å². The Balaban J connectivity index is 2.02. The van der Waals surface area contributed by atoms with Gasteiger partial charge >= 0.3 is 5.97 Å². The van der Waals surface area contributed by atoms with Gasteiger partial charge in [0.15, 0.2) is 0 Å². The number of carboxylic acids is 1. The lowest BCUT2D eigenvalue weighted by Crippen LogP contribution is -2.40. The molecular formula is C15H19NO4. The molecule has 20 heavy (non-hydrogen) atoms. The second kappa shape index (κ2) is 4.96. The number of aliphatic carboxylic acids is 1. The van der Waals surface area contributed by atoms with Crippen molar-refractivity contribution in [3.8, 4) is 0 Å². The Kier molecular flexibility index (Phi) is 3.28. The monoisotopic (exact) mass is 277 g/mol. The van der Waals surface area contributed by atoms with Crippen LogP contribution in [-0.2, 0) is 9.59 Å². The fourth-order valence-electron chi connectivity index (χ4n) is 3.10. The Hall–Kier alpha value is -1.78. The largest absolute Gasteiger partial charge is 0.481 e. The number of carboxylic acid groups (broad SMARTS) is 1. The van der Waals surface area contributed by atoms with Gasteiger partial charge in [-0.15, -0.1) is 0 Å². The molecule has 0 radical (unpaired) electrons. The first-order valence-corrected chi connectivity index (χ1v) is 7.18. The fourth-order valence-corrected chi connectivity index (χ4v) is 3.10. The van der Waals surface area contributed by atoms with Crippen LogP contribution in [0.5, 0.6) is 0 Å². The number of carbonyl (C=O) groups is 2. The van der Waals surface area contributed by atoms with Crippen LogP contribution >= 0.6 is 0 Å². The van der Waals surface area contributed by atoms with Gasteiger partial charge in [-0.2, -0.15) is 0 Å². The zero-order valence-corrected chi connectivity index (χ0v) is 11.5. The lowest BCUT2D eigenvalue weighted by molar-refractivity contribution is -0.146. The molecule has 1 saturated heterocycles. The highest BCUT2D eigenvalue weighted by Gasteiger charge is 2.46. The van der Waals surface area contributed by atoms with Gasteiger partial charge < -0.3 is 14.4 Å². The highest BCUT2D eigenvalue weighted by atomic mass is 16.4. The summed E-state index contributed by atoms with van der Waals surface area (Å²) in [6, 6.07) is 3.38. The molecule has 1 aliphatic heterocycles. The van der Waals surface area contributed by atoms with Gasteiger partial charge in [-0.1, -0.05) is 0 Å². The molecule has 1 amide bonds. The van der Waals surface area contributed by atoms with E-state index in [0.29, 0.717) is 25.0 Å². The van der Waals surface area contributed by atoms with Crippen molar-refractivity contribution in [1.29, 1.82) is 0 Å². The smallest absolute Gasteiger partial charge is 0.309 e. The molecule has 0 bridgehead atoms. The van der Waals surface area contributed by atoms with E-state index < -0.39 is 17.9 Å². The van der Waals surface area contributed by atoms with Crippen molar-refractivity contribution in [2.45, 2.75) is 51.1 Å². The molecule has 2 aliphatic rings. The van der Waals surface area contributed by atoms with Crippen molar-refractivity contribution in [2.75, 3.05) is 0 Å². The zero-order chi connectivity index (χ0) is 14.3. The lowest BCUT2D eigenvalue weighted by atomic mass is 9.93. The molecule has 1 saturated carbocycles. The van der Waals surface area contributed by atoms with Crippen LogP contribution in [0.3, 0.4) is 0 Å². The molecule has 5 heteroatoms. The summed E-state index contributed by atoms with van der Waals surface area (Å²) in [5, 5.41) is 9.53. The molecule has 0 spiro atoms. The van der Waals surface area contributed by atoms with Crippen molar-refractivity contribution >= 4 is 11.9 Å². The summed E-state index contributed by atoms with van der Waals surface area (Å²) in [6.45, 7) is 1.83. The minimum atomic E-state index is -0.843. The van der Waals surface area contributed by atoms with E-state index in [4.69, 9.17) is 4.42 Å². The molecule has 2 atom stereocenters. The van der Waals surface area contributed by atoms with Gasteiger partial charge in [-0.3, -0.25) is 9.59 Å². The molecule has 0 aromatic carbocycles. The second-order valence-electron chi connectivity index (χ2n) is 5.76. The summed E-state index contributed by atoms with van der Waals surface area (Å²) in [6.07, 6.45) is 3.53. The molecule has 1 aromatic rings. The number of hydrogen-bond donors (Lipinski definition) is 1. The van der Waals surface area contributed by atoms with Gasteiger partial charge in [0.25, 0.3) is 0 Å². The van der Waals surface area contributed by atoms with Crippen LogP contribution in [0.15, 0.2) is 16.5 Å². The first-order valence-electron chi connectivity index (χ1n) is 7.18. The highest BCUT2D eigenvalue weighted by Crippen LogP contribution is 2.43. The molecule has 1 aliphatic carbocycles. The molecule has 108 valence electrons. The second-order valence-corrected chi connectivity index (χ2v) is 5.76. The summed E-state index contributed by atoms with van der Waals surface area (Å²) in [5.74, 6) is 0.000868. The number of likely N-dealkylation sites (tertiary alicyclic amines) is 1. The van der Waals surface area contributed by atoms with Crippen molar-refractivity contribution in [3.05, 3.63) is 23.7 Å². The predicted molar refractivity (Wildman–Crippen MR) is 71.0 cm³/mol. The van der Waals surface area contributed by atoms with Gasteiger partial charge in [0.05, 0.1) is 5.92 Å². The average molecular weight is 277 g/mol.